The first-order valence-corrected chi connectivity index (χ1v) is 34.3. The molecule has 0 fully saturated rings. The van der Waals surface area contributed by atoms with Crippen molar-refractivity contribution >= 4 is 61.7 Å². The van der Waals surface area contributed by atoms with E-state index in [1.54, 1.807) is 59.2 Å². The summed E-state index contributed by atoms with van der Waals surface area (Å²) in [5, 5.41) is 6.64. The number of fused-ring (bicyclic) bond motifs is 10. The zero-order valence-corrected chi connectivity index (χ0v) is 55.2. The maximum absolute atomic E-state index is 10.7. The van der Waals surface area contributed by atoms with Gasteiger partial charge in [0.1, 0.15) is 17.3 Å². The van der Waals surface area contributed by atoms with Crippen LogP contribution in [0.3, 0.4) is 0 Å². The summed E-state index contributed by atoms with van der Waals surface area (Å²) in [6.45, 7) is 11.9. The molecule has 0 atom stereocenters. The average Bonchev–Trinajstić information content (AvgIpc) is 1.60. The summed E-state index contributed by atoms with van der Waals surface area (Å²) in [7, 11) is -3.09. The van der Waals surface area contributed by atoms with Crippen LogP contribution < -0.4 is 30.1 Å². The molecule has 0 aliphatic carbocycles. The van der Waals surface area contributed by atoms with E-state index in [-0.39, 0.29) is 61.1 Å². The van der Waals surface area contributed by atoms with Crippen LogP contribution in [0.25, 0.3) is 117 Å². The summed E-state index contributed by atoms with van der Waals surface area (Å²) in [6.07, 6.45) is 5.39. The molecule has 16 aromatic rings. The Labute approximate surface area is 604 Å². The van der Waals surface area contributed by atoms with Crippen LogP contribution in [0.1, 0.15) is 81.5 Å². The Morgan fingerprint density at radius 2 is 0.908 bits per heavy atom. The van der Waals surface area contributed by atoms with E-state index >= 15 is 0 Å². The van der Waals surface area contributed by atoms with Crippen molar-refractivity contribution < 1.29 is 38.1 Å². The molecule has 3 aromatic heterocycles. The molecule has 0 spiro atoms. The molecule has 4 heterocycles. The number of benzene rings is 13. The zero-order valence-electron chi connectivity index (χ0n) is 75.2. The maximum atomic E-state index is 10.7. The first-order valence-electron chi connectivity index (χ1n) is 42.8. The molecule has 1 aliphatic heterocycles. The molecule has 0 saturated carbocycles. The predicted octanol–water partition coefficient (Wildman–Crippen LogP) is 20.3. The van der Waals surface area contributed by atoms with Crippen LogP contribution in [0.5, 0.6) is 11.5 Å². The third-order valence-corrected chi connectivity index (χ3v) is 23.3. The smallest absolute Gasteiger partial charge is 0.269 e. The molecule has 6 heteroatoms. The molecule has 0 bridgehead atoms. The summed E-state index contributed by atoms with van der Waals surface area (Å²) >= 11 is 0. The van der Waals surface area contributed by atoms with Gasteiger partial charge in [0.05, 0.1) is 62.2 Å². The van der Waals surface area contributed by atoms with Gasteiger partial charge < -0.3 is 4.74 Å². The Hall–Kier alpha value is -11.7. The highest BCUT2D eigenvalue weighted by molar-refractivity contribution is 7.20. The Bertz CT molecular complexity index is 6810. The molecule has 17 rings (SSSR count). The SMILES string of the molecule is [2H]c1c([2H])c([2H])c(-c2c([2H])c(-c3cc(C(C)(C)C)cc4c3-[n+]3[c-]n(-c5cccc(Oc6ccc7c8ccc([Si](c9ccccc9)(c9ccccc9)c9ccccc9)cc8n(-c8cc(C(C)(C)C)ccn8)c7c6)c5)c5cccc(c53)-c3c([2H])c([2H])c([2H])c([2H])c3-c3c([2H])c([2H])c([2H])c([2H])c3-4)c([2H])c(-c3c([2H])c([2H])c([2H])c([2H])c3[2H])c2[2H])c([2H])c1[2H]. The van der Waals surface area contributed by atoms with Gasteiger partial charge in [-0.1, -0.05) is 290 Å². The van der Waals surface area contributed by atoms with Crippen LogP contribution in [0.2, 0.25) is 0 Å². The minimum absolute atomic E-state index is 0.0638. The van der Waals surface area contributed by atoms with Gasteiger partial charge in [0.15, 0.2) is 8.07 Å². The lowest BCUT2D eigenvalue weighted by Gasteiger charge is -2.34. The van der Waals surface area contributed by atoms with Crippen molar-refractivity contribution in [3.63, 3.8) is 0 Å². The van der Waals surface area contributed by atoms with Crippen LogP contribution in [-0.4, -0.2) is 22.2 Å². The van der Waals surface area contributed by atoms with Crippen molar-refractivity contribution in [2.45, 2.75) is 52.4 Å². The van der Waals surface area contributed by atoms with Crippen molar-refractivity contribution in [3.8, 4) is 95.5 Å². The van der Waals surface area contributed by atoms with Crippen molar-refractivity contribution in [3.05, 3.63) is 345 Å². The molecule has 0 saturated heterocycles. The van der Waals surface area contributed by atoms with Gasteiger partial charge in [-0.15, -0.1) is 0 Å². The standard InChI is InChI=1S/C92H72N4OSi/c1-91(2,3)67-50-51-93-88(57-67)96-86-59-71(46-48-80(86)81-49-47-75(60-87(81)96)98(72-34-16-9-17-35-72,73-36-18-10-19-37-73)74-38-20-11-21-39-74)97-70-33-26-32-69(58-70)94-61-95-89-83(66-53-64(62-28-12-7-13-29-62)52-65(54-66)63-30-14-8-15-31-63)55-68(92(4,5)6)56-84(89)79-43-25-23-41-77(79)76-40-22-24-42-78(76)82-44-27-45-85(94)90(82)95/h7-60H,1-6H3/i7D,8D,12D,13D,14D,15D,22D,23D,24D,25D,28D,29D,30D,31D,40D,41D,42D,43D,52D,53D,54D. The first-order chi connectivity index (χ1) is 56.6. The summed E-state index contributed by atoms with van der Waals surface area (Å²) < 4.78 is 212. The molecule has 0 unspecified atom stereocenters. The van der Waals surface area contributed by atoms with E-state index in [2.05, 4.69) is 129 Å². The van der Waals surface area contributed by atoms with Gasteiger partial charge in [0, 0.05) is 23.0 Å². The van der Waals surface area contributed by atoms with E-state index in [4.69, 9.17) is 17.9 Å². The average molecular weight is 1300 g/mol. The number of hydrogen-bond acceptors (Lipinski definition) is 2. The summed E-state index contributed by atoms with van der Waals surface area (Å²) in [6, 6.07) is 47.3. The van der Waals surface area contributed by atoms with E-state index in [0.29, 0.717) is 28.6 Å². The Kier molecular flexibility index (Phi) is 10.1. The highest BCUT2D eigenvalue weighted by atomic mass is 28.3. The quantitative estimate of drug-likeness (QED) is 0.0560. The number of para-hydroxylation sites is 1. The highest BCUT2D eigenvalue weighted by Crippen LogP contribution is 2.48. The van der Waals surface area contributed by atoms with E-state index in [1.807, 2.05) is 69.4 Å². The van der Waals surface area contributed by atoms with Crippen molar-refractivity contribution in [2.24, 2.45) is 0 Å². The van der Waals surface area contributed by atoms with E-state index in [9.17, 15) is 20.6 Å². The van der Waals surface area contributed by atoms with Crippen LogP contribution in [-0.2, 0) is 10.8 Å². The van der Waals surface area contributed by atoms with Gasteiger partial charge in [-0.3, -0.25) is 13.7 Å². The lowest BCUT2D eigenvalue weighted by molar-refractivity contribution is -0.570. The minimum atomic E-state index is -3.09. The second-order valence-electron chi connectivity index (χ2n) is 26.5. The third-order valence-electron chi connectivity index (χ3n) is 18.5. The number of ether oxygens (including phenoxy) is 1. The van der Waals surface area contributed by atoms with Gasteiger partial charge in [0.2, 0.25) is 0 Å². The monoisotopic (exact) mass is 1300 g/mol. The molecule has 13 aromatic carbocycles. The van der Waals surface area contributed by atoms with E-state index < -0.39 is 168 Å². The molecule has 5 nitrogen and oxygen atoms in total. The molecular weight excluding hydrogens is 1210 g/mol. The lowest BCUT2D eigenvalue weighted by atomic mass is 9.80. The number of imidazole rings is 1. The molecular formula is C92H72N4OSi. The molecule has 98 heavy (non-hydrogen) atoms. The predicted molar refractivity (Wildman–Crippen MR) is 409 cm³/mol. The number of nitrogens with zero attached hydrogens (tertiary/aromatic N) is 4. The first kappa shape index (κ1) is 41.3. The zero-order chi connectivity index (χ0) is 84.6. The molecule has 470 valence electrons. The summed E-state index contributed by atoms with van der Waals surface area (Å²) in [5.41, 5.74) is -2.40. The minimum Gasteiger partial charge on any atom is -0.458 e. The number of aromatic nitrogens is 4. The normalized spacial score (nSPS) is 15.2. The Morgan fingerprint density at radius 1 is 0.398 bits per heavy atom. The fraction of sp³-hybridized carbons (Fsp3) is 0.0870. The number of pyridine rings is 1. The topological polar surface area (TPSA) is 35.9 Å². The van der Waals surface area contributed by atoms with Gasteiger partial charge in [-0.2, -0.15) is 0 Å². The maximum Gasteiger partial charge on any atom is 0.269 e. The highest BCUT2D eigenvalue weighted by Gasteiger charge is 2.42. The summed E-state index contributed by atoms with van der Waals surface area (Å²) in [5.74, 6) is 1.42. The van der Waals surface area contributed by atoms with E-state index in [1.165, 1.54) is 20.1 Å². The Morgan fingerprint density at radius 3 is 1.50 bits per heavy atom. The molecule has 0 radical (unpaired) electrons. The van der Waals surface area contributed by atoms with Gasteiger partial charge in [-0.05, 0) is 176 Å². The van der Waals surface area contributed by atoms with Crippen LogP contribution in [0.4, 0.5) is 0 Å². The molecule has 0 amide bonds. The second kappa shape index (κ2) is 23.9. The third kappa shape index (κ3) is 10.3. The van der Waals surface area contributed by atoms with Crippen molar-refractivity contribution in [2.75, 3.05) is 0 Å². The van der Waals surface area contributed by atoms with E-state index in [0.717, 1.165) is 32.6 Å². The van der Waals surface area contributed by atoms with Gasteiger partial charge >= 0.3 is 0 Å². The largest absolute Gasteiger partial charge is 0.458 e. The fourth-order valence-corrected chi connectivity index (χ4v) is 18.6. The number of rotatable bonds is 11. The van der Waals surface area contributed by atoms with Crippen molar-refractivity contribution in [1.29, 1.82) is 0 Å². The molecule has 1 aliphatic rings. The Balaban J connectivity index is 0.952. The molecule has 0 N–H and O–H groups in total. The number of hydrogen-bond donors (Lipinski definition) is 0. The van der Waals surface area contributed by atoms with Gasteiger partial charge in [0.25, 0.3) is 6.33 Å². The fourth-order valence-electron chi connectivity index (χ4n) is 13.8. The second-order valence-corrected chi connectivity index (χ2v) is 30.3. The van der Waals surface area contributed by atoms with Crippen LogP contribution in [0.15, 0.2) is 327 Å². The lowest BCUT2D eigenvalue weighted by Crippen LogP contribution is -2.74. The van der Waals surface area contributed by atoms with Crippen LogP contribution in [0, 0.1) is 6.33 Å². The summed E-state index contributed by atoms with van der Waals surface area (Å²) in [4.78, 5) is 5.13. The van der Waals surface area contributed by atoms with Crippen LogP contribution >= 0.6 is 0 Å². The van der Waals surface area contributed by atoms with Gasteiger partial charge in [-0.25, -0.2) is 4.98 Å². The van der Waals surface area contributed by atoms with Crippen molar-refractivity contribution in [1.82, 2.24) is 14.1 Å².